The predicted octanol–water partition coefficient (Wildman–Crippen LogP) is 3.78. The van der Waals surface area contributed by atoms with Crippen molar-refractivity contribution < 1.29 is 23.9 Å². The number of nitrogens with one attached hydrogen (secondary N) is 2. The van der Waals surface area contributed by atoms with Gasteiger partial charge < -0.3 is 20.5 Å². The number of amides is 2. The number of rotatable bonds is 7. The highest BCUT2D eigenvalue weighted by Gasteiger charge is 2.53. The maximum atomic E-state index is 13.7. The first-order valence-electron chi connectivity index (χ1n) is 12.1. The Labute approximate surface area is 217 Å². The summed E-state index contributed by atoms with van der Waals surface area (Å²) >= 11 is 0. The molecule has 1 unspecified atom stereocenters. The number of nitrogens with zero attached hydrogens (tertiary/aromatic N) is 1. The van der Waals surface area contributed by atoms with Crippen LogP contribution in [0.1, 0.15) is 52.7 Å². The molecule has 4 N–H and O–H groups in total. The highest BCUT2D eigenvalue weighted by molar-refractivity contribution is 5.99. The molecule has 2 atom stereocenters. The van der Waals surface area contributed by atoms with Crippen molar-refractivity contribution >= 4 is 29.5 Å². The van der Waals surface area contributed by atoms with E-state index in [9.17, 15) is 14.4 Å². The Kier molecular flexibility index (Phi) is 7.67. The molecule has 1 fully saturated rings. The standard InChI is InChI=1S/C28H36N4O5/c1-26(2,3)28(24(34)37-27(4,5)6,16-18-10-8-7-9-11-18)31-23(33)21-17-32(25(35)36-21)20-14-12-19(13-15-20)22(29)30/h7-15,21H,16-17H2,1-6H3,(H3,29,30)(H,31,33)/t21?,28-/m0/s1. The van der Waals surface area contributed by atoms with Crippen molar-refractivity contribution in [3.05, 3.63) is 65.7 Å². The number of cyclic esters (lactones) is 1. The van der Waals surface area contributed by atoms with Gasteiger partial charge in [-0.25, -0.2) is 9.59 Å². The highest BCUT2D eigenvalue weighted by atomic mass is 16.6. The van der Waals surface area contributed by atoms with Crippen molar-refractivity contribution in [3.8, 4) is 0 Å². The Hall–Kier alpha value is -3.88. The average Bonchev–Trinajstić information content (AvgIpc) is 3.19. The molecule has 1 saturated heterocycles. The zero-order valence-electron chi connectivity index (χ0n) is 22.3. The van der Waals surface area contributed by atoms with Gasteiger partial charge in [-0.1, -0.05) is 51.1 Å². The minimum atomic E-state index is -1.44. The van der Waals surface area contributed by atoms with E-state index in [1.807, 2.05) is 51.1 Å². The van der Waals surface area contributed by atoms with Crippen LogP contribution < -0.4 is 16.0 Å². The van der Waals surface area contributed by atoms with Gasteiger partial charge >= 0.3 is 12.1 Å². The molecule has 0 radical (unpaired) electrons. The highest BCUT2D eigenvalue weighted by Crippen LogP contribution is 2.37. The third-order valence-electron chi connectivity index (χ3n) is 6.27. The van der Waals surface area contributed by atoms with Crippen molar-refractivity contribution in [3.63, 3.8) is 0 Å². The lowest BCUT2D eigenvalue weighted by molar-refractivity contribution is -0.171. The predicted molar refractivity (Wildman–Crippen MR) is 141 cm³/mol. The summed E-state index contributed by atoms with van der Waals surface area (Å²) in [4.78, 5) is 41.3. The van der Waals surface area contributed by atoms with Crippen LogP contribution in [0.3, 0.4) is 0 Å². The summed E-state index contributed by atoms with van der Waals surface area (Å²) < 4.78 is 11.2. The summed E-state index contributed by atoms with van der Waals surface area (Å²) in [6, 6.07) is 15.9. The molecule has 3 rings (SSSR count). The molecule has 0 bridgehead atoms. The number of nitrogens with two attached hydrogens (primary N) is 1. The second kappa shape index (κ2) is 10.2. The van der Waals surface area contributed by atoms with Crippen LogP contribution in [0.15, 0.2) is 54.6 Å². The van der Waals surface area contributed by atoms with Gasteiger partial charge in [-0.3, -0.25) is 15.1 Å². The number of hydrogen-bond donors (Lipinski definition) is 3. The van der Waals surface area contributed by atoms with Crippen molar-refractivity contribution in [2.24, 2.45) is 11.1 Å². The minimum absolute atomic E-state index is 0.0377. The van der Waals surface area contributed by atoms with E-state index in [-0.39, 0.29) is 18.8 Å². The van der Waals surface area contributed by atoms with Gasteiger partial charge in [0.2, 0.25) is 0 Å². The number of nitrogen functional groups attached to an aromatic ring is 1. The normalized spacial score (nSPS) is 17.5. The fourth-order valence-electron chi connectivity index (χ4n) is 4.12. The van der Waals surface area contributed by atoms with Crippen molar-refractivity contribution in [2.45, 2.75) is 65.2 Å². The molecule has 1 aliphatic heterocycles. The summed E-state index contributed by atoms with van der Waals surface area (Å²) in [5.74, 6) is -1.24. The smallest absolute Gasteiger partial charge is 0.415 e. The van der Waals surface area contributed by atoms with Crippen LogP contribution >= 0.6 is 0 Å². The van der Waals surface area contributed by atoms with E-state index in [0.717, 1.165) is 5.56 Å². The quantitative estimate of drug-likeness (QED) is 0.296. The summed E-state index contributed by atoms with van der Waals surface area (Å²) in [5, 5.41) is 10.5. The molecule has 9 nitrogen and oxygen atoms in total. The van der Waals surface area contributed by atoms with Gasteiger partial charge in [-0.05, 0) is 56.0 Å². The van der Waals surface area contributed by atoms with Crippen LogP contribution in [-0.4, -0.2) is 47.6 Å². The maximum Gasteiger partial charge on any atom is 0.415 e. The van der Waals surface area contributed by atoms with E-state index >= 15 is 0 Å². The monoisotopic (exact) mass is 508 g/mol. The molecule has 198 valence electrons. The molecule has 0 saturated carbocycles. The molecule has 1 heterocycles. The molecular weight excluding hydrogens is 472 g/mol. The van der Waals surface area contributed by atoms with Gasteiger partial charge in [-0.2, -0.15) is 0 Å². The number of benzene rings is 2. The average molecular weight is 509 g/mol. The summed E-state index contributed by atoms with van der Waals surface area (Å²) in [6.07, 6.45) is -1.63. The number of hydrogen-bond acceptors (Lipinski definition) is 6. The summed E-state index contributed by atoms with van der Waals surface area (Å²) in [6.45, 7) is 10.9. The van der Waals surface area contributed by atoms with Crippen molar-refractivity contribution in [1.82, 2.24) is 5.32 Å². The Morgan fingerprint density at radius 3 is 2.16 bits per heavy atom. The molecule has 37 heavy (non-hydrogen) atoms. The lowest BCUT2D eigenvalue weighted by atomic mass is 9.69. The molecule has 2 aromatic rings. The number of carbonyl (C=O) groups is 3. The van der Waals surface area contributed by atoms with Crippen LogP contribution in [0.2, 0.25) is 0 Å². The topological polar surface area (TPSA) is 135 Å². The van der Waals surface area contributed by atoms with E-state index in [1.54, 1.807) is 45.0 Å². The lowest BCUT2D eigenvalue weighted by Gasteiger charge is -2.44. The number of ether oxygens (including phenoxy) is 2. The van der Waals surface area contributed by atoms with Crippen LogP contribution in [0.4, 0.5) is 10.5 Å². The van der Waals surface area contributed by atoms with Gasteiger partial charge in [0.15, 0.2) is 6.10 Å². The second-order valence-corrected chi connectivity index (χ2v) is 11.3. The first kappa shape index (κ1) is 27.7. The molecule has 9 heteroatoms. The van der Waals surface area contributed by atoms with E-state index in [2.05, 4.69) is 5.32 Å². The molecule has 0 aliphatic carbocycles. The van der Waals surface area contributed by atoms with Crippen molar-refractivity contribution in [2.75, 3.05) is 11.4 Å². The number of anilines is 1. The van der Waals surface area contributed by atoms with Gasteiger partial charge in [-0.15, -0.1) is 0 Å². The molecule has 1 aliphatic rings. The van der Waals surface area contributed by atoms with Crippen molar-refractivity contribution in [1.29, 1.82) is 5.41 Å². The second-order valence-electron chi connectivity index (χ2n) is 11.3. The van der Waals surface area contributed by atoms with E-state index in [4.69, 9.17) is 20.6 Å². The first-order chi connectivity index (χ1) is 17.1. The Balaban J connectivity index is 1.91. The number of amidine groups is 1. The first-order valence-corrected chi connectivity index (χ1v) is 12.1. The summed E-state index contributed by atoms with van der Waals surface area (Å²) in [5.41, 5.74) is 4.39. The third-order valence-corrected chi connectivity index (χ3v) is 6.27. The largest absolute Gasteiger partial charge is 0.458 e. The van der Waals surface area contributed by atoms with E-state index < -0.39 is 40.6 Å². The third kappa shape index (κ3) is 6.28. The SMILES string of the molecule is CC(C)(C)OC(=O)[C@](Cc1ccccc1)(NC(=O)C1CN(c2ccc(C(=N)N)cc2)C(=O)O1)C(C)(C)C. The Bertz CT molecular complexity index is 1170. The van der Waals surface area contributed by atoms with Crippen LogP contribution in [0.5, 0.6) is 0 Å². The molecular formula is C28H36N4O5. The maximum absolute atomic E-state index is 13.7. The Morgan fingerprint density at radius 1 is 1.05 bits per heavy atom. The number of esters is 1. The molecule has 0 spiro atoms. The molecule has 2 amide bonds. The zero-order valence-corrected chi connectivity index (χ0v) is 22.3. The van der Waals surface area contributed by atoms with Gasteiger partial charge in [0.1, 0.15) is 17.0 Å². The van der Waals surface area contributed by atoms with Crippen LogP contribution in [-0.2, 0) is 25.5 Å². The molecule has 2 aromatic carbocycles. The van der Waals surface area contributed by atoms with Gasteiger partial charge in [0, 0.05) is 17.7 Å². The zero-order chi connectivity index (χ0) is 27.6. The number of carbonyl (C=O) groups excluding carboxylic acids is 3. The van der Waals surface area contributed by atoms with E-state index in [0.29, 0.717) is 11.3 Å². The summed E-state index contributed by atoms with van der Waals surface area (Å²) in [7, 11) is 0. The van der Waals surface area contributed by atoms with Gasteiger partial charge in [0.05, 0.1) is 6.54 Å². The Morgan fingerprint density at radius 2 is 1.65 bits per heavy atom. The fourth-order valence-corrected chi connectivity index (χ4v) is 4.12. The van der Waals surface area contributed by atoms with Crippen LogP contribution in [0, 0.1) is 10.8 Å². The fraction of sp³-hybridized carbons (Fsp3) is 0.429. The minimum Gasteiger partial charge on any atom is -0.458 e. The van der Waals surface area contributed by atoms with E-state index in [1.165, 1.54) is 4.90 Å². The molecule has 0 aromatic heterocycles. The van der Waals surface area contributed by atoms with Gasteiger partial charge in [0.25, 0.3) is 5.91 Å². The van der Waals surface area contributed by atoms with Crippen LogP contribution in [0.25, 0.3) is 0 Å². The lowest BCUT2D eigenvalue weighted by Crippen LogP contribution is -2.66.